The van der Waals surface area contributed by atoms with Crippen LogP contribution in [0.15, 0.2) is 0 Å². The number of alkyl halides is 2. The molecule has 0 unspecified atom stereocenters. The molecule has 0 heterocycles. The van der Waals surface area contributed by atoms with Crippen LogP contribution in [0.4, 0.5) is 8.78 Å². The van der Waals surface area contributed by atoms with Crippen molar-refractivity contribution < 1.29 is 13.0 Å². The van der Waals surface area contributed by atoms with Gasteiger partial charge in [-0.05, 0) is 0 Å². The first-order valence-corrected chi connectivity index (χ1v) is 2.26. The third-order valence-corrected chi connectivity index (χ3v) is 0.485. The second-order valence-electron chi connectivity index (χ2n) is 0.558. The van der Waals surface area contributed by atoms with Gasteiger partial charge in [0.25, 0.3) is 0 Å². The largest absolute Gasteiger partial charge is 0.440 e. The fraction of sp³-hybridized carbons (Fsp3) is 1.00. The average molecular weight is 114 g/mol. The van der Waals surface area contributed by atoms with E-state index in [2.05, 4.69) is 0 Å². The summed E-state index contributed by atoms with van der Waals surface area (Å²) in [5.41, 5.74) is 0. The van der Waals surface area contributed by atoms with Crippen molar-refractivity contribution in [2.45, 2.75) is 5.76 Å². The summed E-state index contributed by atoms with van der Waals surface area (Å²) in [6.45, 7) is 0. The molecule has 1 N–H and O–H groups in total. The molecular formula is CH2F2NOS-. The topological polar surface area (TPSA) is 40.9 Å². The van der Waals surface area contributed by atoms with Crippen molar-refractivity contribution in [3.8, 4) is 0 Å². The van der Waals surface area contributed by atoms with Gasteiger partial charge >= 0.3 is 0 Å². The molecule has 0 aromatic carbocycles. The molecule has 0 fully saturated rings. The SMILES string of the molecule is N=[S-](=O)C(F)F. The lowest BCUT2D eigenvalue weighted by Crippen LogP contribution is -1.85. The van der Waals surface area contributed by atoms with Crippen LogP contribution >= 0.6 is 0 Å². The predicted octanol–water partition coefficient (Wildman–Crippen LogP) is 0.935. The molecule has 0 aromatic heterocycles. The van der Waals surface area contributed by atoms with Gasteiger partial charge in [0, 0.05) is 0 Å². The third-order valence-electron chi connectivity index (χ3n) is 0.162. The van der Waals surface area contributed by atoms with Crippen molar-refractivity contribution >= 4 is 10.6 Å². The minimum atomic E-state index is -3.01. The van der Waals surface area contributed by atoms with Crippen LogP contribution in [0.1, 0.15) is 0 Å². The molecule has 0 aliphatic heterocycles. The lowest BCUT2D eigenvalue weighted by atomic mass is 11.7. The van der Waals surface area contributed by atoms with Crippen molar-refractivity contribution in [2.75, 3.05) is 0 Å². The highest BCUT2D eigenvalue weighted by Crippen LogP contribution is 1.89. The van der Waals surface area contributed by atoms with E-state index in [4.69, 9.17) is 4.78 Å². The number of nitrogens with one attached hydrogen (secondary N) is 1. The van der Waals surface area contributed by atoms with Crippen molar-refractivity contribution in [1.82, 2.24) is 0 Å². The Labute approximate surface area is 35.2 Å². The van der Waals surface area contributed by atoms with Gasteiger partial charge in [0.05, 0.1) is 0 Å². The van der Waals surface area contributed by atoms with Crippen molar-refractivity contribution in [2.24, 2.45) is 0 Å². The predicted molar refractivity (Wildman–Crippen MR) is 16.8 cm³/mol. The molecule has 0 aromatic rings. The molecule has 0 saturated heterocycles. The summed E-state index contributed by atoms with van der Waals surface area (Å²) in [6.07, 6.45) is 0. The molecule has 0 aliphatic carbocycles. The van der Waals surface area contributed by atoms with Crippen LogP contribution < -0.4 is 0 Å². The van der Waals surface area contributed by atoms with Crippen LogP contribution in [0.3, 0.4) is 0 Å². The van der Waals surface area contributed by atoms with E-state index in [-0.39, 0.29) is 0 Å². The molecule has 38 valence electrons. The average Bonchev–Trinajstić information content (AvgIpc) is 1.36. The maximum Gasteiger partial charge on any atom is 0.208 e. The maximum absolute atomic E-state index is 10.7. The minimum Gasteiger partial charge on any atom is -0.440 e. The minimum absolute atomic E-state index is 2.70. The Bertz CT molecular complexity index is 89.7. The van der Waals surface area contributed by atoms with Gasteiger partial charge in [0.1, 0.15) is 0 Å². The Hall–Kier alpha value is -0.190. The van der Waals surface area contributed by atoms with Crippen LogP contribution in [0.5, 0.6) is 0 Å². The zero-order valence-electron chi connectivity index (χ0n) is 2.65. The van der Waals surface area contributed by atoms with E-state index in [0.717, 1.165) is 0 Å². The summed E-state index contributed by atoms with van der Waals surface area (Å²) in [4.78, 5) is 0. The van der Waals surface area contributed by atoms with Crippen LogP contribution in [-0.4, -0.2) is 5.76 Å². The molecule has 2 nitrogen and oxygen atoms in total. The Kier molecular flexibility index (Phi) is 2.00. The van der Waals surface area contributed by atoms with Crippen molar-refractivity contribution in [3.05, 3.63) is 0 Å². The van der Waals surface area contributed by atoms with Crippen LogP contribution in [-0.2, 0) is 14.8 Å². The van der Waals surface area contributed by atoms with E-state index < -0.39 is 16.4 Å². The summed E-state index contributed by atoms with van der Waals surface area (Å²) < 4.78 is 36.3. The van der Waals surface area contributed by atoms with Gasteiger partial charge in [-0.15, -0.1) is 10.6 Å². The molecule has 0 bridgehead atoms. The molecule has 6 heavy (non-hydrogen) atoms. The quantitative estimate of drug-likeness (QED) is 0.506. The highest BCUT2D eigenvalue weighted by atomic mass is 32.2. The number of rotatable bonds is 1. The maximum atomic E-state index is 10.7. The lowest BCUT2D eigenvalue weighted by Gasteiger charge is -1.90. The van der Waals surface area contributed by atoms with Gasteiger partial charge in [0.2, 0.25) is 5.76 Å². The monoisotopic (exact) mass is 114 g/mol. The van der Waals surface area contributed by atoms with Gasteiger partial charge in [-0.3, -0.25) is 0 Å². The lowest BCUT2D eigenvalue weighted by molar-refractivity contribution is 0.243. The van der Waals surface area contributed by atoms with Gasteiger partial charge in [-0.25, -0.2) is 8.78 Å². The second kappa shape index (κ2) is 2.07. The zero-order valence-corrected chi connectivity index (χ0v) is 3.47. The molecule has 0 aliphatic rings. The third kappa shape index (κ3) is 2.07. The standard InChI is InChI=1S/CH2F2NOS/c2-1(3)6(4)5/h1,4H/q-1. The van der Waals surface area contributed by atoms with Gasteiger partial charge in [0.15, 0.2) is 0 Å². The molecule has 0 atom stereocenters. The Morgan fingerprint density at radius 1 is 1.67 bits per heavy atom. The summed E-state index contributed by atoms with van der Waals surface area (Å²) in [7, 11) is -2.70. The Morgan fingerprint density at radius 2 is 1.83 bits per heavy atom. The first-order valence-electron chi connectivity index (χ1n) is 1.04. The number of hydrogen-bond acceptors (Lipinski definition) is 3. The van der Waals surface area contributed by atoms with Crippen molar-refractivity contribution in [3.63, 3.8) is 0 Å². The van der Waals surface area contributed by atoms with Crippen LogP contribution in [0, 0.1) is 4.78 Å². The van der Waals surface area contributed by atoms with E-state index in [9.17, 15) is 13.0 Å². The van der Waals surface area contributed by atoms with E-state index in [1.165, 1.54) is 0 Å². The molecule has 0 radical (unpaired) electrons. The molecule has 0 rings (SSSR count). The second-order valence-corrected chi connectivity index (χ2v) is 1.51. The zero-order chi connectivity index (χ0) is 5.15. The molecule has 0 spiro atoms. The van der Waals surface area contributed by atoms with Crippen LogP contribution in [0.25, 0.3) is 0 Å². The van der Waals surface area contributed by atoms with Gasteiger partial charge < -0.3 is 8.99 Å². The first-order chi connectivity index (χ1) is 2.64. The van der Waals surface area contributed by atoms with Gasteiger partial charge in [-0.2, -0.15) is 0 Å². The van der Waals surface area contributed by atoms with Crippen molar-refractivity contribution in [1.29, 1.82) is 4.78 Å². The molecule has 0 amide bonds. The fourth-order valence-electron chi connectivity index (χ4n) is 0. The Balaban J connectivity index is 3.57. The smallest absolute Gasteiger partial charge is 0.208 e. The summed E-state index contributed by atoms with van der Waals surface area (Å²) in [5, 5.41) is 0. The molecule has 0 saturated carbocycles. The summed E-state index contributed by atoms with van der Waals surface area (Å²) in [6, 6.07) is 0. The summed E-state index contributed by atoms with van der Waals surface area (Å²) >= 11 is 0. The highest BCUT2D eigenvalue weighted by Gasteiger charge is 1.84. The molecule has 5 heteroatoms. The van der Waals surface area contributed by atoms with E-state index >= 15 is 0 Å². The summed E-state index contributed by atoms with van der Waals surface area (Å²) in [5.74, 6) is -3.01. The molecular weight excluding hydrogens is 112 g/mol. The number of hydrogen-bond donors (Lipinski definition) is 1. The van der Waals surface area contributed by atoms with Crippen LogP contribution in [0.2, 0.25) is 0 Å². The Morgan fingerprint density at radius 3 is 1.83 bits per heavy atom. The van der Waals surface area contributed by atoms with E-state index in [0.29, 0.717) is 0 Å². The first kappa shape index (κ1) is 5.81. The van der Waals surface area contributed by atoms with E-state index in [1.54, 1.807) is 0 Å². The van der Waals surface area contributed by atoms with E-state index in [1.807, 2.05) is 0 Å². The normalized spacial score (nSPS) is 10.7. The highest BCUT2D eigenvalue weighted by molar-refractivity contribution is 7.73. The fourth-order valence-corrected chi connectivity index (χ4v) is 0. The number of halogens is 2. The van der Waals surface area contributed by atoms with Gasteiger partial charge in [-0.1, -0.05) is 0 Å².